The summed E-state index contributed by atoms with van der Waals surface area (Å²) in [5.41, 5.74) is 22.5. The molecule has 0 bridgehead atoms. The predicted molar refractivity (Wildman–Crippen MR) is 300 cm³/mol. The Morgan fingerprint density at radius 1 is 0.268 bits per heavy atom. The highest BCUT2D eigenvalue weighted by Gasteiger charge is 2.53. The molecule has 0 aliphatic heterocycles. The average Bonchev–Trinajstić information content (AvgIpc) is 4.11. The molecule has 12 aromatic carbocycles. The summed E-state index contributed by atoms with van der Waals surface area (Å²) in [5, 5.41) is 12.7. The number of nitrogens with zero attached hydrogens (tertiary/aromatic N) is 2. The molecule has 0 amide bonds. The maximum Gasteiger partial charge on any atom is 0.0731 e. The van der Waals surface area contributed by atoms with Crippen molar-refractivity contribution in [3.8, 4) is 55.6 Å². The third-order valence-corrected chi connectivity index (χ3v) is 16.8. The van der Waals surface area contributed by atoms with Gasteiger partial charge in [0.15, 0.2) is 0 Å². The van der Waals surface area contributed by atoms with Crippen molar-refractivity contribution >= 4 is 75.9 Å². The number of hydrogen-bond donors (Lipinski definition) is 0. The van der Waals surface area contributed by atoms with Crippen LogP contribution in [-0.4, -0.2) is 9.13 Å². The summed E-state index contributed by atoms with van der Waals surface area (Å²) in [4.78, 5) is 0. The van der Waals surface area contributed by atoms with Gasteiger partial charge in [-0.25, -0.2) is 0 Å². The van der Waals surface area contributed by atoms with Crippen molar-refractivity contribution in [2.45, 2.75) is 5.41 Å². The lowest BCUT2D eigenvalue weighted by Gasteiger charge is -2.33. The van der Waals surface area contributed by atoms with E-state index >= 15 is 0 Å². The average molecular weight is 901 g/mol. The van der Waals surface area contributed by atoms with Crippen molar-refractivity contribution < 1.29 is 0 Å². The number of para-hydroxylation sites is 2. The minimum atomic E-state index is -0.554. The van der Waals surface area contributed by atoms with Gasteiger partial charge in [-0.1, -0.05) is 200 Å². The van der Waals surface area contributed by atoms with E-state index in [0.717, 1.165) is 0 Å². The maximum atomic E-state index is 2.51. The largest absolute Gasteiger partial charge is 0.344 e. The molecule has 2 heteroatoms. The topological polar surface area (TPSA) is 9.86 Å². The van der Waals surface area contributed by atoms with Crippen LogP contribution < -0.4 is 0 Å². The summed E-state index contributed by atoms with van der Waals surface area (Å²) in [6.45, 7) is 0. The van der Waals surface area contributed by atoms with Gasteiger partial charge in [0.2, 0.25) is 0 Å². The SMILES string of the molecule is Cn1c2ccccc2c2ccc(-c3cccc4c(-c5cccc6c5C5(c7ccccc7-c7ccccc75)c5ccc7ccccc7c5-6)c5cccc(-c6ccc7c8ccccc8n(C)c7c6)c5cc34)cc21. The molecule has 330 valence electrons. The fourth-order valence-corrected chi connectivity index (χ4v) is 13.8. The molecule has 0 fully saturated rings. The molecular weight excluding hydrogens is 857 g/mol. The molecule has 71 heavy (non-hydrogen) atoms. The van der Waals surface area contributed by atoms with E-state index in [1.165, 1.54) is 154 Å². The minimum absolute atomic E-state index is 0.554. The molecule has 2 heterocycles. The zero-order valence-electron chi connectivity index (χ0n) is 39.3. The first-order chi connectivity index (χ1) is 35.1. The van der Waals surface area contributed by atoms with E-state index in [2.05, 4.69) is 254 Å². The number of hydrogen-bond acceptors (Lipinski definition) is 0. The van der Waals surface area contributed by atoms with Crippen LogP contribution in [0.2, 0.25) is 0 Å². The van der Waals surface area contributed by atoms with Gasteiger partial charge in [0.25, 0.3) is 0 Å². The zero-order chi connectivity index (χ0) is 46.7. The Morgan fingerprint density at radius 3 is 1.30 bits per heavy atom. The summed E-state index contributed by atoms with van der Waals surface area (Å²) in [6.07, 6.45) is 0. The van der Waals surface area contributed by atoms with Gasteiger partial charge in [0.1, 0.15) is 0 Å². The zero-order valence-corrected chi connectivity index (χ0v) is 39.3. The van der Waals surface area contributed by atoms with Crippen molar-refractivity contribution in [2.75, 3.05) is 0 Å². The van der Waals surface area contributed by atoms with E-state index in [1.807, 2.05) is 0 Å². The molecule has 2 aromatic heterocycles. The minimum Gasteiger partial charge on any atom is -0.344 e. The van der Waals surface area contributed by atoms with Gasteiger partial charge in [-0.15, -0.1) is 0 Å². The van der Waals surface area contributed by atoms with Crippen LogP contribution in [0.3, 0.4) is 0 Å². The van der Waals surface area contributed by atoms with Crippen molar-refractivity contribution in [1.29, 1.82) is 0 Å². The molecule has 16 rings (SSSR count). The number of aromatic nitrogens is 2. The van der Waals surface area contributed by atoms with Crippen LogP contribution >= 0.6 is 0 Å². The number of fused-ring (bicyclic) bond motifs is 20. The van der Waals surface area contributed by atoms with Crippen LogP contribution in [0.1, 0.15) is 22.3 Å². The first-order valence-electron chi connectivity index (χ1n) is 24.9. The summed E-state index contributed by atoms with van der Waals surface area (Å²) >= 11 is 0. The van der Waals surface area contributed by atoms with E-state index in [1.54, 1.807) is 0 Å². The van der Waals surface area contributed by atoms with Gasteiger partial charge < -0.3 is 9.13 Å². The molecule has 1 spiro atoms. The van der Waals surface area contributed by atoms with Crippen molar-refractivity contribution in [2.24, 2.45) is 14.1 Å². The Kier molecular flexibility index (Phi) is 7.71. The van der Waals surface area contributed by atoms with Gasteiger partial charge >= 0.3 is 0 Å². The Morgan fingerprint density at radius 2 is 0.704 bits per heavy atom. The lowest BCUT2D eigenvalue weighted by Crippen LogP contribution is -2.26. The molecule has 0 radical (unpaired) electrons. The van der Waals surface area contributed by atoms with Crippen LogP contribution in [0.25, 0.3) is 132 Å². The smallest absolute Gasteiger partial charge is 0.0731 e. The van der Waals surface area contributed by atoms with Gasteiger partial charge in [0, 0.05) is 57.7 Å². The van der Waals surface area contributed by atoms with Gasteiger partial charge in [-0.3, -0.25) is 0 Å². The summed E-state index contributed by atoms with van der Waals surface area (Å²) in [5.74, 6) is 0. The molecule has 0 saturated carbocycles. The quantitative estimate of drug-likeness (QED) is 0.156. The van der Waals surface area contributed by atoms with E-state index in [4.69, 9.17) is 0 Å². The molecule has 2 nitrogen and oxygen atoms in total. The molecule has 0 saturated heterocycles. The molecular formula is C69H44N2. The fraction of sp³-hybridized carbons (Fsp3) is 0.0435. The molecule has 0 atom stereocenters. The summed E-state index contributed by atoms with van der Waals surface area (Å²) in [7, 11) is 4.41. The second-order valence-corrected chi connectivity index (χ2v) is 19.9. The van der Waals surface area contributed by atoms with Crippen molar-refractivity contribution in [3.05, 3.63) is 253 Å². The Balaban J connectivity index is 1.06. The van der Waals surface area contributed by atoms with E-state index in [-0.39, 0.29) is 0 Å². The Labute approximate surface area is 410 Å². The number of rotatable bonds is 3. The number of benzene rings is 12. The Bertz CT molecular complexity index is 4450. The number of aryl methyl sites for hydroxylation is 2. The molecule has 0 unspecified atom stereocenters. The molecule has 2 aliphatic rings. The second-order valence-electron chi connectivity index (χ2n) is 19.9. The van der Waals surface area contributed by atoms with Crippen LogP contribution in [-0.2, 0) is 19.5 Å². The normalized spacial score (nSPS) is 13.3. The second kappa shape index (κ2) is 14.1. The van der Waals surface area contributed by atoms with Gasteiger partial charge in [-0.05, 0) is 141 Å². The third kappa shape index (κ3) is 4.96. The highest BCUT2D eigenvalue weighted by atomic mass is 14.9. The van der Waals surface area contributed by atoms with Crippen molar-refractivity contribution in [1.82, 2.24) is 9.13 Å². The van der Waals surface area contributed by atoms with Crippen LogP contribution in [0.4, 0.5) is 0 Å². The van der Waals surface area contributed by atoms with E-state index < -0.39 is 5.41 Å². The summed E-state index contributed by atoms with van der Waals surface area (Å²) < 4.78 is 4.71. The molecule has 2 aliphatic carbocycles. The van der Waals surface area contributed by atoms with Crippen LogP contribution in [0, 0.1) is 0 Å². The van der Waals surface area contributed by atoms with Gasteiger partial charge in [-0.2, -0.15) is 0 Å². The predicted octanol–water partition coefficient (Wildman–Crippen LogP) is 17.8. The lowest BCUT2D eigenvalue weighted by atomic mass is 9.68. The van der Waals surface area contributed by atoms with Gasteiger partial charge in [0.05, 0.1) is 5.41 Å². The van der Waals surface area contributed by atoms with Crippen LogP contribution in [0.15, 0.2) is 231 Å². The highest BCUT2D eigenvalue weighted by Crippen LogP contribution is 2.66. The highest BCUT2D eigenvalue weighted by molar-refractivity contribution is 6.22. The standard InChI is InChI=1S/C69H44N2/c1-70-62-30-11-7-20-49(62)51-35-32-42(38-64(51)70)44-22-13-24-53-57(44)40-58-45(43-33-36-52-50-21-8-12-31-63(50)71(2)65(52)39-43)23-14-25-54(58)66(53)55-26-15-27-56-67-46-17-4-3-16-41(46)34-37-61(67)69(68(55)56)59-28-9-5-18-47(59)48-19-6-10-29-60(48)69/h3-40H,1-2H3. The first-order valence-corrected chi connectivity index (χ1v) is 24.9. The fourth-order valence-electron chi connectivity index (χ4n) is 13.8. The third-order valence-electron chi connectivity index (χ3n) is 16.8. The van der Waals surface area contributed by atoms with Crippen LogP contribution in [0.5, 0.6) is 0 Å². The first kappa shape index (κ1) is 38.9. The lowest BCUT2D eigenvalue weighted by molar-refractivity contribution is 0.796. The summed E-state index contributed by atoms with van der Waals surface area (Å²) in [6, 6.07) is 87.7. The monoisotopic (exact) mass is 900 g/mol. The van der Waals surface area contributed by atoms with E-state index in [9.17, 15) is 0 Å². The Hall–Kier alpha value is -8.98. The maximum absolute atomic E-state index is 2.51. The van der Waals surface area contributed by atoms with E-state index in [0.29, 0.717) is 0 Å². The molecule has 0 N–H and O–H groups in total. The van der Waals surface area contributed by atoms with Crippen molar-refractivity contribution in [3.63, 3.8) is 0 Å². The molecule has 14 aromatic rings.